The molecule has 2 rings (SSSR count). The van der Waals surface area contributed by atoms with Crippen LogP contribution in [-0.4, -0.2) is 39.9 Å². The van der Waals surface area contributed by atoms with Gasteiger partial charge in [-0.05, 0) is 49.8 Å². The van der Waals surface area contributed by atoms with Crippen LogP contribution in [0.3, 0.4) is 0 Å². The Morgan fingerprint density at radius 1 is 1.29 bits per heavy atom. The fourth-order valence-corrected chi connectivity index (χ4v) is 3.64. The second-order valence-corrected chi connectivity index (χ2v) is 7.68. The average molecular weight is 369 g/mol. The van der Waals surface area contributed by atoms with Crippen molar-refractivity contribution in [3.8, 4) is 5.19 Å². The van der Waals surface area contributed by atoms with Crippen LogP contribution in [0.2, 0.25) is 0 Å². The van der Waals surface area contributed by atoms with Gasteiger partial charge in [0.25, 0.3) is 5.19 Å². The molecule has 0 fully saturated rings. The molecule has 1 aromatic heterocycles. The average Bonchev–Trinajstić information content (AvgIpc) is 2.98. The van der Waals surface area contributed by atoms with Crippen molar-refractivity contribution in [1.29, 1.82) is 0 Å². The predicted octanol–water partition coefficient (Wildman–Crippen LogP) is 3.78. The lowest BCUT2D eigenvalue weighted by Gasteiger charge is -2.25. The first-order valence-electron chi connectivity index (χ1n) is 7.51. The van der Waals surface area contributed by atoms with Crippen LogP contribution in [0.5, 0.6) is 5.19 Å². The van der Waals surface area contributed by atoms with Gasteiger partial charge in [0.05, 0.1) is 17.9 Å². The maximum Gasteiger partial charge on any atom is 0.295 e. The summed E-state index contributed by atoms with van der Waals surface area (Å²) in [5.74, 6) is -0.0530. The van der Waals surface area contributed by atoms with Crippen LogP contribution in [0, 0.1) is 5.82 Å². The molecule has 0 bridgehead atoms. The zero-order valence-corrected chi connectivity index (χ0v) is 15.7. The highest BCUT2D eigenvalue weighted by atomic mass is 32.2. The lowest BCUT2D eigenvalue weighted by Crippen LogP contribution is -2.31. The van der Waals surface area contributed by atoms with Crippen molar-refractivity contribution >= 4 is 29.0 Å². The summed E-state index contributed by atoms with van der Waals surface area (Å²) in [4.78, 5) is 14.0. The molecule has 24 heavy (non-hydrogen) atoms. The Balaban J connectivity index is 1.89. The minimum absolute atomic E-state index is 0.0293. The number of nitrogens with zero attached hydrogens (tertiary/aromatic N) is 3. The van der Waals surface area contributed by atoms with E-state index in [1.807, 2.05) is 20.8 Å². The molecule has 5 nitrogen and oxygen atoms in total. The van der Waals surface area contributed by atoms with Crippen LogP contribution in [-0.2, 0) is 4.79 Å². The monoisotopic (exact) mass is 369 g/mol. The van der Waals surface area contributed by atoms with Gasteiger partial charge in [-0.3, -0.25) is 4.79 Å². The van der Waals surface area contributed by atoms with E-state index in [0.717, 1.165) is 5.56 Å². The van der Waals surface area contributed by atoms with Crippen LogP contribution in [0.4, 0.5) is 4.39 Å². The van der Waals surface area contributed by atoms with Crippen LogP contribution in [0.1, 0.15) is 32.4 Å². The first-order valence-corrected chi connectivity index (χ1v) is 9.31. The van der Waals surface area contributed by atoms with E-state index in [4.69, 9.17) is 4.74 Å². The summed E-state index contributed by atoms with van der Waals surface area (Å²) < 4.78 is 19.2. The third-order valence-corrected chi connectivity index (χ3v) is 5.30. The fraction of sp³-hybridized carbons (Fsp3) is 0.438. The van der Waals surface area contributed by atoms with E-state index in [9.17, 15) is 9.18 Å². The summed E-state index contributed by atoms with van der Waals surface area (Å²) in [6.07, 6.45) is 0.0418. The molecule has 130 valence electrons. The third-order valence-electron chi connectivity index (χ3n) is 3.37. The predicted molar refractivity (Wildman–Crippen MR) is 94.0 cm³/mol. The number of hydrogen-bond acceptors (Lipinski definition) is 6. The smallest absolute Gasteiger partial charge is 0.295 e. The van der Waals surface area contributed by atoms with E-state index >= 15 is 0 Å². The van der Waals surface area contributed by atoms with Crippen molar-refractivity contribution in [2.24, 2.45) is 0 Å². The van der Waals surface area contributed by atoms with Crippen molar-refractivity contribution in [3.63, 3.8) is 0 Å². The Morgan fingerprint density at radius 2 is 1.96 bits per heavy atom. The number of aromatic nitrogens is 2. The van der Waals surface area contributed by atoms with Gasteiger partial charge in [0.1, 0.15) is 5.82 Å². The van der Waals surface area contributed by atoms with Crippen LogP contribution in [0.15, 0.2) is 28.6 Å². The molecule has 1 aromatic carbocycles. The number of halogens is 1. The molecule has 0 saturated heterocycles. The van der Waals surface area contributed by atoms with Gasteiger partial charge in [-0.15, -0.1) is 5.10 Å². The molecule has 1 atom stereocenters. The number of amides is 1. The summed E-state index contributed by atoms with van der Waals surface area (Å²) in [5.41, 5.74) is 0.890. The molecule has 1 heterocycles. The number of carbonyl (C=O) groups is 1. The van der Waals surface area contributed by atoms with Crippen molar-refractivity contribution in [2.45, 2.75) is 37.3 Å². The Labute approximate surface area is 149 Å². The number of thioether (sulfide) groups is 1. The molecule has 8 heteroatoms. The van der Waals surface area contributed by atoms with E-state index in [0.29, 0.717) is 9.53 Å². The number of benzene rings is 1. The highest BCUT2D eigenvalue weighted by Gasteiger charge is 2.18. The van der Waals surface area contributed by atoms with E-state index < -0.39 is 0 Å². The molecular formula is C16H20FN3O2S2. The molecule has 0 N–H and O–H groups in total. The molecule has 2 aromatic rings. The van der Waals surface area contributed by atoms with Gasteiger partial charge in [0, 0.05) is 7.05 Å². The third kappa shape index (κ3) is 5.17. The van der Waals surface area contributed by atoms with Gasteiger partial charge < -0.3 is 9.64 Å². The summed E-state index contributed by atoms with van der Waals surface area (Å²) in [6.45, 7) is 5.75. The first-order chi connectivity index (χ1) is 11.4. The summed E-state index contributed by atoms with van der Waals surface area (Å²) in [7, 11) is 1.74. The van der Waals surface area contributed by atoms with Crippen LogP contribution >= 0.6 is 23.1 Å². The van der Waals surface area contributed by atoms with Gasteiger partial charge in [0.2, 0.25) is 5.91 Å². The maximum absolute atomic E-state index is 13.0. The quantitative estimate of drug-likeness (QED) is 0.695. The molecule has 0 spiro atoms. The number of carbonyl (C=O) groups excluding carboxylic acids is 1. The minimum atomic E-state index is -0.286. The summed E-state index contributed by atoms with van der Waals surface area (Å²) in [5, 5.41) is 8.45. The first kappa shape index (κ1) is 18.7. The number of ether oxygens (including phenoxy) is 1. The highest BCUT2D eigenvalue weighted by Crippen LogP contribution is 2.28. The molecule has 0 aliphatic rings. The molecular weight excluding hydrogens is 349 g/mol. The molecule has 1 amide bonds. The van der Waals surface area contributed by atoms with Gasteiger partial charge in [-0.1, -0.05) is 29.0 Å². The second kappa shape index (κ2) is 8.43. The number of hydrogen-bond donors (Lipinski definition) is 0. The maximum atomic E-state index is 13.0. The molecule has 0 aliphatic carbocycles. The van der Waals surface area contributed by atoms with E-state index in [2.05, 4.69) is 10.2 Å². The van der Waals surface area contributed by atoms with Gasteiger partial charge in [0.15, 0.2) is 4.34 Å². The largest absolute Gasteiger partial charge is 0.466 e. The van der Waals surface area contributed by atoms with E-state index in [-0.39, 0.29) is 29.6 Å². The summed E-state index contributed by atoms with van der Waals surface area (Å²) >= 11 is 2.66. The highest BCUT2D eigenvalue weighted by molar-refractivity contribution is 8.01. The topological polar surface area (TPSA) is 55.3 Å². The molecule has 0 radical (unpaired) electrons. The van der Waals surface area contributed by atoms with Crippen LogP contribution < -0.4 is 4.74 Å². The van der Waals surface area contributed by atoms with Gasteiger partial charge in [-0.2, -0.15) is 0 Å². The Bertz CT molecular complexity index is 676. The van der Waals surface area contributed by atoms with Crippen molar-refractivity contribution in [1.82, 2.24) is 15.1 Å². The Kier molecular flexibility index (Phi) is 6.56. The lowest BCUT2D eigenvalue weighted by molar-refractivity contribution is -0.128. The van der Waals surface area contributed by atoms with Crippen LogP contribution in [0.25, 0.3) is 0 Å². The molecule has 1 unspecified atom stereocenters. The summed E-state index contributed by atoms with van der Waals surface area (Å²) in [6, 6.07) is 6.05. The zero-order valence-electron chi connectivity index (χ0n) is 14.0. The van der Waals surface area contributed by atoms with Crippen molar-refractivity contribution in [2.75, 3.05) is 12.8 Å². The fourth-order valence-electron chi connectivity index (χ4n) is 1.91. The standard InChI is InChI=1S/C16H20FN3O2S2/c1-10(2)22-15-18-19-16(24-15)23-9-14(21)20(4)11(3)12-5-7-13(17)8-6-12/h5-8,10-11H,9H2,1-4H3. The molecule has 0 saturated carbocycles. The number of rotatable bonds is 7. The zero-order chi connectivity index (χ0) is 17.7. The lowest BCUT2D eigenvalue weighted by atomic mass is 10.1. The Hall–Kier alpha value is -1.67. The van der Waals surface area contributed by atoms with E-state index in [1.54, 1.807) is 24.1 Å². The van der Waals surface area contributed by atoms with Crippen molar-refractivity contribution < 1.29 is 13.9 Å². The molecule has 0 aliphatic heterocycles. The Morgan fingerprint density at radius 3 is 2.58 bits per heavy atom. The second-order valence-electron chi connectivity index (χ2n) is 5.52. The van der Waals surface area contributed by atoms with E-state index in [1.165, 1.54) is 35.2 Å². The van der Waals surface area contributed by atoms with Gasteiger partial charge in [-0.25, -0.2) is 4.39 Å². The SMILES string of the molecule is CC(C)Oc1nnc(SCC(=O)N(C)C(C)c2ccc(F)cc2)s1. The normalized spacial score (nSPS) is 12.2. The van der Waals surface area contributed by atoms with Gasteiger partial charge >= 0.3 is 0 Å². The van der Waals surface area contributed by atoms with Crippen molar-refractivity contribution in [3.05, 3.63) is 35.6 Å². The minimum Gasteiger partial charge on any atom is -0.466 e.